The molecule has 3 aromatic heterocycles. The second-order valence-corrected chi connectivity index (χ2v) is 27.3. The van der Waals surface area contributed by atoms with Gasteiger partial charge in [-0.25, -0.2) is 9.97 Å². The van der Waals surface area contributed by atoms with Gasteiger partial charge in [-0.3, -0.25) is 0 Å². The largest absolute Gasteiger partial charge is 0.354 e. The van der Waals surface area contributed by atoms with Crippen LogP contribution in [0.15, 0.2) is 97.1 Å². The van der Waals surface area contributed by atoms with Gasteiger partial charge in [-0.2, -0.15) is 0 Å². The third-order valence-electron chi connectivity index (χ3n) is 14.9. The van der Waals surface area contributed by atoms with Crippen molar-refractivity contribution in [2.45, 2.75) is 163 Å². The Labute approximate surface area is 448 Å². The predicted octanol–water partition coefficient (Wildman–Crippen LogP) is 18.4. The lowest BCUT2D eigenvalue weighted by atomic mass is 9.78. The van der Waals surface area contributed by atoms with Crippen molar-refractivity contribution in [3.8, 4) is 33.4 Å². The fourth-order valence-corrected chi connectivity index (χ4v) is 10.0. The lowest BCUT2D eigenvalue weighted by Gasteiger charge is -2.26. The Hall–Kier alpha value is -6.34. The Kier molecular flexibility index (Phi) is 13.8. The second-order valence-electron chi connectivity index (χ2n) is 27.3. The van der Waals surface area contributed by atoms with Crippen molar-refractivity contribution in [1.82, 2.24) is 19.9 Å². The van der Waals surface area contributed by atoms with Gasteiger partial charge in [-0.15, -0.1) is 0 Å². The quantitative estimate of drug-likeness (QED) is 0.163. The van der Waals surface area contributed by atoms with Gasteiger partial charge in [0.2, 0.25) is 0 Å². The third kappa shape index (κ3) is 11.4. The van der Waals surface area contributed by atoms with E-state index >= 15 is 0 Å². The molecule has 2 N–H and O–H groups in total. The fourth-order valence-electron chi connectivity index (χ4n) is 10.0. The van der Waals surface area contributed by atoms with Crippen LogP contribution in [0.2, 0.25) is 0 Å². The number of benzene rings is 3. The van der Waals surface area contributed by atoms with Crippen LogP contribution in [0.3, 0.4) is 0 Å². The highest BCUT2D eigenvalue weighted by Gasteiger charge is 2.28. The number of nitrogens with zero attached hydrogens (tertiary/aromatic N) is 2. The van der Waals surface area contributed by atoms with Crippen LogP contribution in [0.1, 0.15) is 186 Å². The number of H-pyrrole nitrogens is 2. The zero-order chi connectivity index (χ0) is 54.2. The molecule has 0 amide bonds. The first-order valence-corrected chi connectivity index (χ1v) is 27.2. The molecule has 6 heterocycles. The van der Waals surface area contributed by atoms with Gasteiger partial charge in [-0.1, -0.05) is 197 Å². The lowest BCUT2D eigenvalue weighted by Crippen LogP contribution is -2.16. The molecule has 0 aliphatic carbocycles. The molecule has 75 heavy (non-hydrogen) atoms. The molecule has 1 fully saturated rings. The van der Waals surface area contributed by atoms with Gasteiger partial charge < -0.3 is 19.4 Å². The molecule has 6 heteroatoms. The molecule has 0 atom stereocenters. The van der Waals surface area contributed by atoms with Crippen LogP contribution in [0, 0.1) is 0 Å². The SMILES string of the molecule is CC(C)(C)c1cc(-c2c3nc(c(-c4cc(C(C)(C)C)cc(C(C)(C)C)c4)c4ccc([nH]4)c(-c4cc(C(C)(C)C)cc(C(C)(C)C)c4)c4nc(c(/C=C/C=C/C5OCCO5)c5ccc2[nH]5)C=C4)C=C3)cc(C(C)(C)C)c1. The van der Waals surface area contributed by atoms with Crippen LogP contribution in [0.4, 0.5) is 0 Å². The molecule has 6 nitrogen and oxygen atoms in total. The molecule has 9 rings (SSSR count). The first kappa shape index (κ1) is 53.5. The van der Waals surface area contributed by atoms with Crippen LogP contribution < -0.4 is 0 Å². The van der Waals surface area contributed by atoms with Crippen molar-refractivity contribution < 1.29 is 9.47 Å². The maximum atomic E-state index is 5.79. The highest BCUT2D eigenvalue weighted by atomic mass is 16.7. The zero-order valence-electron chi connectivity index (χ0n) is 48.3. The van der Waals surface area contributed by atoms with E-state index in [1.165, 1.54) is 33.4 Å². The van der Waals surface area contributed by atoms with E-state index in [1.54, 1.807) is 0 Å². The summed E-state index contributed by atoms with van der Waals surface area (Å²) in [5.41, 5.74) is 22.0. The minimum atomic E-state index is -0.358. The first-order chi connectivity index (χ1) is 34.9. The van der Waals surface area contributed by atoms with E-state index in [0.29, 0.717) is 13.2 Å². The number of rotatable bonds is 6. The monoisotopic (exact) mass is 999 g/mol. The summed E-state index contributed by atoms with van der Waals surface area (Å²) in [5, 5.41) is 0. The van der Waals surface area contributed by atoms with Gasteiger partial charge in [0.15, 0.2) is 6.29 Å². The number of aromatic amines is 2. The first-order valence-electron chi connectivity index (χ1n) is 27.2. The number of hydrogen-bond donors (Lipinski definition) is 2. The topological polar surface area (TPSA) is 75.8 Å². The maximum Gasteiger partial charge on any atom is 0.177 e. The summed E-state index contributed by atoms with van der Waals surface area (Å²) >= 11 is 0. The molecule has 0 spiro atoms. The minimum Gasteiger partial charge on any atom is -0.354 e. The standard InChI is InChI=1S/C69H82N4O2/c1-64(2,3)45-33-42(34-46(39-45)65(4,5)6)61-54-25-23-52(70-54)51(21-19-20-22-60-74-31-32-75-60)53-24-26-55(71-53)62(43-35-47(66(7,8)9)40-48(36-43)67(10,11)12)57-28-30-59(73-57)63(58-29-27-56(61)72-58)44-37-49(68(13,14)15)41-50(38-44)69(16,17)18/h19-30,33-41,60,70,73H,31-32H2,1-18H3/b21-19+,22-20+,52-51?,53-51?,61-54?,61-56?,62-55?,62-57?,63-58?,63-59?. The Balaban J connectivity index is 1.48. The van der Waals surface area contributed by atoms with Crippen molar-refractivity contribution in [3.05, 3.63) is 159 Å². The fraction of sp³-hybridized carbons (Fsp3) is 0.391. The summed E-state index contributed by atoms with van der Waals surface area (Å²) in [6.45, 7) is 42.7. The van der Waals surface area contributed by atoms with Crippen molar-refractivity contribution in [1.29, 1.82) is 0 Å². The van der Waals surface area contributed by atoms with Crippen LogP contribution in [-0.4, -0.2) is 39.4 Å². The van der Waals surface area contributed by atoms with Crippen molar-refractivity contribution in [2.75, 3.05) is 13.2 Å². The van der Waals surface area contributed by atoms with Gasteiger partial charge in [0.1, 0.15) is 0 Å². The molecule has 390 valence electrons. The minimum absolute atomic E-state index is 0.0945. The second kappa shape index (κ2) is 19.3. The van der Waals surface area contributed by atoms with E-state index in [0.717, 1.165) is 83.8 Å². The van der Waals surface area contributed by atoms with E-state index in [9.17, 15) is 0 Å². The van der Waals surface area contributed by atoms with Crippen LogP contribution in [0.5, 0.6) is 0 Å². The Morgan fingerprint density at radius 1 is 0.387 bits per heavy atom. The van der Waals surface area contributed by atoms with Gasteiger partial charge in [-0.05, 0) is 137 Å². The summed E-state index contributed by atoms with van der Waals surface area (Å²) in [7, 11) is 0. The average molecular weight is 999 g/mol. The van der Waals surface area contributed by atoms with Crippen molar-refractivity contribution in [3.63, 3.8) is 0 Å². The summed E-state index contributed by atoms with van der Waals surface area (Å²) in [5.74, 6) is 0. The van der Waals surface area contributed by atoms with Gasteiger partial charge in [0.25, 0.3) is 0 Å². The molecule has 3 aliphatic rings. The molecule has 0 saturated carbocycles. The number of nitrogens with one attached hydrogen (secondary N) is 2. The predicted molar refractivity (Wildman–Crippen MR) is 321 cm³/mol. The van der Waals surface area contributed by atoms with Crippen LogP contribution in [0.25, 0.3) is 85.8 Å². The molecule has 8 bridgehead atoms. The summed E-state index contributed by atoms with van der Waals surface area (Å²) in [6.07, 6.45) is 16.6. The summed E-state index contributed by atoms with van der Waals surface area (Å²) < 4.78 is 11.5. The van der Waals surface area contributed by atoms with Gasteiger partial charge >= 0.3 is 0 Å². The molecular formula is C69H82N4O2. The van der Waals surface area contributed by atoms with Gasteiger partial charge in [0, 0.05) is 44.3 Å². The van der Waals surface area contributed by atoms with Crippen molar-refractivity contribution in [2.24, 2.45) is 0 Å². The smallest absolute Gasteiger partial charge is 0.177 e. The molecular weight excluding hydrogens is 917 g/mol. The average Bonchev–Trinajstić information content (AvgIpc) is 4.18. The molecule has 1 saturated heterocycles. The van der Waals surface area contributed by atoms with E-state index < -0.39 is 0 Å². The Morgan fingerprint density at radius 2 is 0.680 bits per heavy atom. The molecule has 0 unspecified atom stereocenters. The lowest BCUT2D eigenvalue weighted by molar-refractivity contribution is -0.00152. The Morgan fingerprint density at radius 3 is 1.01 bits per heavy atom. The van der Waals surface area contributed by atoms with E-state index in [-0.39, 0.29) is 38.8 Å². The summed E-state index contributed by atoms with van der Waals surface area (Å²) in [4.78, 5) is 19.5. The molecule has 0 radical (unpaired) electrons. The highest BCUT2D eigenvalue weighted by molar-refractivity contribution is 5.99. The van der Waals surface area contributed by atoms with Crippen molar-refractivity contribution >= 4 is 52.4 Å². The molecule has 3 aliphatic heterocycles. The van der Waals surface area contributed by atoms with E-state index in [4.69, 9.17) is 19.4 Å². The van der Waals surface area contributed by atoms with E-state index in [2.05, 4.69) is 250 Å². The number of hydrogen-bond acceptors (Lipinski definition) is 4. The number of ether oxygens (including phenoxy) is 2. The Bertz CT molecular complexity index is 3310. The number of allylic oxidation sites excluding steroid dienone is 2. The van der Waals surface area contributed by atoms with E-state index in [1.807, 2.05) is 12.2 Å². The zero-order valence-corrected chi connectivity index (χ0v) is 48.3. The maximum absolute atomic E-state index is 5.79. The number of fused-ring (bicyclic) bond motifs is 8. The normalized spacial score (nSPS) is 15.1. The molecule has 3 aromatic carbocycles. The third-order valence-corrected chi connectivity index (χ3v) is 14.9. The summed E-state index contributed by atoms with van der Waals surface area (Å²) in [6, 6.07) is 30.4. The number of aromatic nitrogens is 4. The van der Waals surface area contributed by atoms with Crippen LogP contribution in [-0.2, 0) is 42.0 Å². The highest BCUT2D eigenvalue weighted by Crippen LogP contribution is 2.43. The molecule has 6 aromatic rings. The van der Waals surface area contributed by atoms with Crippen LogP contribution >= 0.6 is 0 Å². The van der Waals surface area contributed by atoms with Gasteiger partial charge in [0.05, 0.1) is 36.0 Å².